The van der Waals surface area contributed by atoms with E-state index in [2.05, 4.69) is 51.4 Å². The minimum absolute atomic E-state index is 0.105. The number of hydrogen-bond acceptors (Lipinski definition) is 6. The third-order valence-electron chi connectivity index (χ3n) is 9.49. The lowest BCUT2D eigenvalue weighted by Crippen LogP contribution is -2.47. The van der Waals surface area contributed by atoms with Crippen LogP contribution in [0.3, 0.4) is 0 Å². The lowest BCUT2D eigenvalue weighted by atomic mass is 9.82. The maximum absolute atomic E-state index is 13.0. The molecule has 7 nitrogen and oxygen atoms in total. The summed E-state index contributed by atoms with van der Waals surface area (Å²) in [5.41, 5.74) is 3.46. The van der Waals surface area contributed by atoms with Gasteiger partial charge in [0.05, 0.1) is 33.4 Å². The number of piperidine rings is 2. The van der Waals surface area contributed by atoms with Crippen LogP contribution in [0.2, 0.25) is 5.02 Å². The summed E-state index contributed by atoms with van der Waals surface area (Å²) in [6.45, 7) is 15.1. The smallest absolute Gasteiger partial charge is 0.307 e. The lowest BCUT2D eigenvalue weighted by molar-refractivity contribution is -0.155. The Morgan fingerprint density at radius 1 is 1.05 bits per heavy atom. The molecule has 6 rings (SSSR count). The Hall–Kier alpha value is -2.74. The van der Waals surface area contributed by atoms with Crippen molar-refractivity contribution in [1.82, 2.24) is 19.4 Å². The number of esters is 1. The van der Waals surface area contributed by atoms with Crippen molar-refractivity contribution in [3.8, 4) is 5.69 Å². The van der Waals surface area contributed by atoms with Gasteiger partial charge in [-0.05, 0) is 122 Å². The van der Waals surface area contributed by atoms with Crippen molar-refractivity contribution in [2.24, 2.45) is 0 Å². The molecule has 0 bridgehead atoms. The van der Waals surface area contributed by atoms with Crippen LogP contribution in [0.4, 0.5) is 0 Å². The second-order valence-corrected chi connectivity index (χ2v) is 14.2. The van der Waals surface area contributed by atoms with Crippen molar-refractivity contribution < 1.29 is 9.53 Å². The standard InChI is InChI=1S/C34H43ClN4O3/c1-33(2,3)42-29(40)15-18-37-16-13-24(14-17-37)38-19-11-22(12-20-38)23-9-10-25-28(21-23)39-27-8-6-7-26(35)30(27)31(41)36-32(39)34(25,4)5/h6-10,21-22,24H,11-20H2,1-5H3. The molecule has 2 saturated heterocycles. The van der Waals surface area contributed by atoms with Crippen LogP contribution in [0.15, 0.2) is 41.2 Å². The third kappa shape index (κ3) is 5.51. The molecule has 2 fully saturated rings. The zero-order valence-corrected chi connectivity index (χ0v) is 26.3. The molecule has 0 radical (unpaired) electrons. The van der Waals surface area contributed by atoms with E-state index in [1.807, 2.05) is 32.9 Å². The van der Waals surface area contributed by atoms with E-state index in [0.717, 1.165) is 75.4 Å². The number of benzene rings is 2. The Morgan fingerprint density at radius 2 is 1.76 bits per heavy atom. The molecule has 3 aliphatic rings. The summed E-state index contributed by atoms with van der Waals surface area (Å²) in [4.78, 5) is 34.7. The molecule has 0 atom stereocenters. The molecule has 0 saturated carbocycles. The SMILES string of the molecule is CC(C)(C)OC(=O)CCN1CCC(N2CCC(c3ccc4c(c3)-n3c(nc(=O)c5c(Cl)cccc53)C4(C)C)CC2)CC1. The second-order valence-electron chi connectivity index (χ2n) is 13.8. The topological polar surface area (TPSA) is 67.7 Å². The number of halogens is 1. The molecular formula is C34H43ClN4O3. The van der Waals surface area contributed by atoms with E-state index in [4.69, 9.17) is 16.3 Å². The fourth-order valence-corrected chi connectivity index (χ4v) is 7.53. The van der Waals surface area contributed by atoms with Crippen LogP contribution in [0.1, 0.15) is 89.6 Å². The van der Waals surface area contributed by atoms with Gasteiger partial charge in [0.1, 0.15) is 11.4 Å². The van der Waals surface area contributed by atoms with Crippen molar-refractivity contribution >= 4 is 28.5 Å². The summed E-state index contributed by atoms with van der Waals surface area (Å²) < 4.78 is 7.64. The van der Waals surface area contributed by atoms with Gasteiger partial charge in [-0.25, -0.2) is 0 Å². The van der Waals surface area contributed by atoms with Gasteiger partial charge in [0, 0.05) is 12.6 Å². The molecule has 0 amide bonds. The maximum atomic E-state index is 13.0. The van der Waals surface area contributed by atoms with Crippen LogP contribution in [0.5, 0.6) is 0 Å². The number of aromatic nitrogens is 2. The number of hydrogen-bond donors (Lipinski definition) is 0. The molecule has 3 aliphatic heterocycles. The number of carbonyl (C=O) groups is 1. The van der Waals surface area contributed by atoms with E-state index < -0.39 is 5.60 Å². The fourth-order valence-electron chi connectivity index (χ4n) is 7.27. The molecule has 0 unspecified atom stereocenters. The van der Waals surface area contributed by atoms with Gasteiger partial charge in [-0.3, -0.25) is 14.2 Å². The van der Waals surface area contributed by atoms with Gasteiger partial charge < -0.3 is 14.5 Å². The van der Waals surface area contributed by atoms with Crippen molar-refractivity contribution in [3.63, 3.8) is 0 Å². The number of nitrogens with zero attached hydrogens (tertiary/aromatic N) is 4. The van der Waals surface area contributed by atoms with Crippen LogP contribution in [-0.4, -0.2) is 69.7 Å². The van der Waals surface area contributed by atoms with Crippen LogP contribution in [0.25, 0.3) is 16.6 Å². The lowest BCUT2D eigenvalue weighted by Gasteiger charge is -2.42. The first-order valence-corrected chi connectivity index (χ1v) is 15.8. The van der Waals surface area contributed by atoms with E-state index in [-0.39, 0.29) is 16.9 Å². The van der Waals surface area contributed by atoms with Crippen LogP contribution in [-0.2, 0) is 14.9 Å². The second kappa shape index (κ2) is 11.1. The van der Waals surface area contributed by atoms with E-state index >= 15 is 0 Å². The molecule has 42 heavy (non-hydrogen) atoms. The molecule has 8 heteroatoms. The van der Waals surface area contributed by atoms with Crippen molar-refractivity contribution in [2.75, 3.05) is 32.7 Å². The van der Waals surface area contributed by atoms with Gasteiger partial charge in [0.2, 0.25) is 0 Å². The van der Waals surface area contributed by atoms with Gasteiger partial charge >= 0.3 is 5.97 Å². The average Bonchev–Trinajstić information content (AvgIpc) is 3.17. The fraction of sp³-hybridized carbons (Fsp3) is 0.559. The molecule has 2 aromatic carbocycles. The summed E-state index contributed by atoms with van der Waals surface area (Å²) in [5, 5.41) is 0.935. The maximum Gasteiger partial charge on any atom is 0.307 e. The van der Waals surface area contributed by atoms with Gasteiger partial charge in [-0.2, -0.15) is 4.98 Å². The average molecular weight is 591 g/mol. The number of rotatable bonds is 5. The Morgan fingerprint density at radius 3 is 2.45 bits per heavy atom. The molecule has 1 aromatic heterocycles. The molecule has 0 N–H and O–H groups in total. The normalized spacial score (nSPS) is 20.0. The molecule has 224 valence electrons. The summed E-state index contributed by atoms with van der Waals surface area (Å²) in [6.07, 6.45) is 5.06. The van der Waals surface area contributed by atoms with Gasteiger partial charge in [-0.1, -0.05) is 29.8 Å². The molecular weight excluding hydrogens is 548 g/mol. The predicted octanol–water partition coefficient (Wildman–Crippen LogP) is 6.05. The van der Waals surface area contributed by atoms with E-state index in [0.29, 0.717) is 28.8 Å². The monoisotopic (exact) mass is 590 g/mol. The van der Waals surface area contributed by atoms with E-state index in [9.17, 15) is 9.59 Å². The minimum Gasteiger partial charge on any atom is -0.460 e. The first kappa shape index (κ1) is 29.3. The Balaban J connectivity index is 1.11. The van der Waals surface area contributed by atoms with Gasteiger partial charge in [0.25, 0.3) is 5.56 Å². The third-order valence-corrected chi connectivity index (χ3v) is 9.80. The molecule has 0 spiro atoms. The Kier molecular flexibility index (Phi) is 7.73. The highest BCUT2D eigenvalue weighted by Gasteiger charge is 2.39. The number of fused-ring (bicyclic) bond motifs is 5. The Labute approximate surface area is 253 Å². The van der Waals surface area contributed by atoms with E-state index in [1.54, 1.807) is 6.07 Å². The zero-order chi connectivity index (χ0) is 29.8. The summed E-state index contributed by atoms with van der Waals surface area (Å²) >= 11 is 6.47. The van der Waals surface area contributed by atoms with Crippen LogP contribution in [0, 0.1) is 0 Å². The Bertz CT molecular complexity index is 1560. The van der Waals surface area contributed by atoms with Crippen molar-refractivity contribution in [2.45, 2.75) is 89.7 Å². The zero-order valence-electron chi connectivity index (χ0n) is 25.6. The van der Waals surface area contributed by atoms with Gasteiger partial charge in [0.15, 0.2) is 0 Å². The van der Waals surface area contributed by atoms with Crippen molar-refractivity contribution in [3.05, 3.63) is 68.7 Å². The highest BCUT2D eigenvalue weighted by Crippen LogP contribution is 2.44. The number of ether oxygens (including phenoxy) is 1. The number of likely N-dealkylation sites (tertiary alicyclic amines) is 2. The van der Waals surface area contributed by atoms with Crippen LogP contribution < -0.4 is 5.56 Å². The largest absolute Gasteiger partial charge is 0.460 e. The molecule has 4 heterocycles. The molecule has 0 aliphatic carbocycles. The highest BCUT2D eigenvalue weighted by molar-refractivity contribution is 6.35. The van der Waals surface area contributed by atoms with E-state index in [1.165, 1.54) is 11.1 Å². The highest BCUT2D eigenvalue weighted by atomic mass is 35.5. The molecule has 3 aromatic rings. The van der Waals surface area contributed by atoms with Crippen LogP contribution >= 0.6 is 11.6 Å². The first-order valence-electron chi connectivity index (χ1n) is 15.5. The van der Waals surface area contributed by atoms with Crippen molar-refractivity contribution in [1.29, 1.82) is 0 Å². The van der Waals surface area contributed by atoms with Gasteiger partial charge in [-0.15, -0.1) is 0 Å². The quantitative estimate of drug-likeness (QED) is 0.337. The summed E-state index contributed by atoms with van der Waals surface area (Å²) in [7, 11) is 0. The summed E-state index contributed by atoms with van der Waals surface area (Å²) in [5.74, 6) is 1.18. The minimum atomic E-state index is -0.419. The predicted molar refractivity (Wildman–Crippen MR) is 168 cm³/mol. The first-order chi connectivity index (χ1) is 19.9. The summed E-state index contributed by atoms with van der Waals surface area (Å²) in [6, 6.07) is 13.2. The number of carbonyl (C=O) groups excluding carboxylic acids is 1.